The first-order valence-electron chi connectivity index (χ1n) is 8.20. The molecule has 2 fully saturated rings. The normalized spacial score (nSPS) is 22.8. The smallest absolute Gasteiger partial charge is 0.287 e. The second kappa shape index (κ2) is 6.42. The lowest BCUT2D eigenvalue weighted by atomic mass is 9.60. The van der Waals surface area contributed by atoms with E-state index in [1.165, 1.54) is 0 Å². The van der Waals surface area contributed by atoms with Gasteiger partial charge in [-0.2, -0.15) is 0 Å². The van der Waals surface area contributed by atoms with E-state index in [1.54, 1.807) is 12.1 Å². The van der Waals surface area contributed by atoms with Crippen LogP contribution in [0.25, 0.3) is 0 Å². The molecule has 2 heterocycles. The first kappa shape index (κ1) is 15.6. The van der Waals surface area contributed by atoms with Crippen molar-refractivity contribution in [3.8, 4) is 0 Å². The number of nitrogens with one attached hydrogen (secondary N) is 1. The monoisotopic (exact) mass is 307 g/mol. The third kappa shape index (κ3) is 2.92. The summed E-state index contributed by atoms with van der Waals surface area (Å²) in [5.74, 6) is 1.26. The van der Waals surface area contributed by atoms with Crippen molar-refractivity contribution in [3.63, 3.8) is 0 Å². The Morgan fingerprint density at radius 3 is 2.64 bits per heavy atom. The summed E-state index contributed by atoms with van der Waals surface area (Å²) in [6.07, 6.45) is 4.94. The van der Waals surface area contributed by atoms with Gasteiger partial charge in [0.2, 0.25) is 0 Å². The third-order valence-corrected chi connectivity index (χ3v) is 5.31. The van der Waals surface area contributed by atoms with E-state index in [0.29, 0.717) is 11.7 Å². The fourth-order valence-corrected chi connectivity index (χ4v) is 3.79. The van der Waals surface area contributed by atoms with Crippen LogP contribution in [0.15, 0.2) is 16.5 Å². The van der Waals surface area contributed by atoms with Crippen molar-refractivity contribution in [3.05, 3.63) is 23.7 Å². The van der Waals surface area contributed by atoms with Crippen LogP contribution in [0.3, 0.4) is 0 Å². The first-order valence-corrected chi connectivity index (χ1v) is 8.20. The fraction of sp³-hybridized carbons (Fsp3) is 0.706. The summed E-state index contributed by atoms with van der Waals surface area (Å²) >= 11 is 0. The number of carbonyl (C=O) groups excluding carboxylic acids is 1. The van der Waals surface area contributed by atoms with Crippen LogP contribution in [0.2, 0.25) is 0 Å². The molecule has 22 heavy (non-hydrogen) atoms. The maximum absolute atomic E-state index is 12.5. The molecule has 0 spiro atoms. The quantitative estimate of drug-likeness (QED) is 0.875. The molecule has 5 heteroatoms. The SMILES string of the molecule is Cc1ccc(C(=O)NC(C2CCOCC2)C2(CO)CCC2)o1. The molecule has 1 aromatic rings. The molecule has 0 aromatic carbocycles. The van der Waals surface area contributed by atoms with Crippen LogP contribution in [-0.4, -0.2) is 36.9 Å². The molecular weight excluding hydrogens is 282 g/mol. The molecule has 1 amide bonds. The van der Waals surface area contributed by atoms with Gasteiger partial charge in [-0.3, -0.25) is 4.79 Å². The molecule has 2 aliphatic rings. The molecule has 1 saturated heterocycles. The predicted octanol–water partition coefficient (Wildman–Crippen LogP) is 2.28. The number of carbonyl (C=O) groups is 1. The number of hydrogen-bond donors (Lipinski definition) is 2. The molecule has 0 bridgehead atoms. The van der Waals surface area contributed by atoms with Crippen LogP contribution in [0.5, 0.6) is 0 Å². The fourth-order valence-electron chi connectivity index (χ4n) is 3.79. The van der Waals surface area contributed by atoms with Gasteiger partial charge in [0.25, 0.3) is 5.91 Å². The topological polar surface area (TPSA) is 71.7 Å². The van der Waals surface area contributed by atoms with E-state index in [-0.39, 0.29) is 24.0 Å². The Morgan fingerprint density at radius 2 is 2.14 bits per heavy atom. The van der Waals surface area contributed by atoms with E-state index < -0.39 is 0 Å². The van der Waals surface area contributed by atoms with Crippen molar-refractivity contribution < 1.29 is 19.1 Å². The lowest BCUT2D eigenvalue weighted by molar-refractivity contribution is -0.0381. The summed E-state index contributed by atoms with van der Waals surface area (Å²) in [4.78, 5) is 12.5. The Morgan fingerprint density at radius 1 is 1.41 bits per heavy atom. The number of aliphatic hydroxyl groups excluding tert-OH is 1. The van der Waals surface area contributed by atoms with Gasteiger partial charge in [-0.15, -0.1) is 0 Å². The minimum Gasteiger partial charge on any atom is -0.456 e. The third-order valence-electron chi connectivity index (χ3n) is 5.31. The minimum atomic E-state index is -0.177. The van der Waals surface area contributed by atoms with Gasteiger partial charge < -0.3 is 19.6 Å². The average molecular weight is 307 g/mol. The van der Waals surface area contributed by atoms with Crippen molar-refractivity contribution in [2.45, 2.75) is 45.1 Å². The standard InChI is InChI=1S/C17H25NO4/c1-12-3-4-14(22-12)16(20)18-15(13-5-9-21-10-6-13)17(11-19)7-2-8-17/h3-4,13,15,19H,2,5-11H2,1H3,(H,18,20). The van der Waals surface area contributed by atoms with Gasteiger partial charge >= 0.3 is 0 Å². The van der Waals surface area contributed by atoms with E-state index in [2.05, 4.69) is 5.32 Å². The lowest BCUT2D eigenvalue weighted by Crippen LogP contribution is -2.57. The van der Waals surface area contributed by atoms with Gasteiger partial charge in [0, 0.05) is 24.7 Å². The number of furan rings is 1. The van der Waals surface area contributed by atoms with E-state index >= 15 is 0 Å². The maximum Gasteiger partial charge on any atom is 0.287 e. The van der Waals surface area contributed by atoms with E-state index in [1.807, 2.05) is 6.92 Å². The van der Waals surface area contributed by atoms with Crippen LogP contribution >= 0.6 is 0 Å². The molecule has 1 unspecified atom stereocenters. The van der Waals surface area contributed by atoms with Crippen LogP contribution in [-0.2, 0) is 4.74 Å². The Hall–Kier alpha value is -1.33. The highest BCUT2D eigenvalue weighted by atomic mass is 16.5. The van der Waals surface area contributed by atoms with Crippen LogP contribution in [0, 0.1) is 18.3 Å². The van der Waals surface area contributed by atoms with Gasteiger partial charge in [0.15, 0.2) is 5.76 Å². The Labute approximate surface area is 131 Å². The van der Waals surface area contributed by atoms with Gasteiger partial charge in [-0.25, -0.2) is 0 Å². The second-order valence-corrected chi connectivity index (χ2v) is 6.69. The number of aliphatic hydroxyl groups is 1. The molecule has 1 aliphatic carbocycles. The molecule has 1 aliphatic heterocycles. The highest BCUT2D eigenvalue weighted by molar-refractivity contribution is 5.91. The molecule has 2 N–H and O–H groups in total. The van der Waals surface area contributed by atoms with Crippen LogP contribution in [0.4, 0.5) is 0 Å². The molecule has 3 rings (SSSR count). The Bertz CT molecular complexity index is 509. The van der Waals surface area contributed by atoms with Crippen molar-refractivity contribution in [2.24, 2.45) is 11.3 Å². The highest BCUT2D eigenvalue weighted by Crippen LogP contribution is 2.47. The number of amides is 1. The van der Waals surface area contributed by atoms with Crippen molar-refractivity contribution in [1.29, 1.82) is 0 Å². The first-order chi connectivity index (χ1) is 10.6. The van der Waals surface area contributed by atoms with Crippen molar-refractivity contribution in [1.82, 2.24) is 5.32 Å². The molecule has 0 radical (unpaired) electrons. The number of rotatable bonds is 5. The molecule has 122 valence electrons. The van der Waals surface area contributed by atoms with Gasteiger partial charge in [0.05, 0.1) is 6.61 Å². The largest absolute Gasteiger partial charge is 0.456 e. The predicted molar refractivity (Wildman–Crippen MR) is 81.6 cm³/mol. The molecule has 1 atom stereocenters. The second-order valence-electron chi connectivity index (χ2n) is 6.69. The van der Waals surface area contributed by atoms with E-state index in [9.17, 15) is 9.90 Å². The molecule has 1 saturated carbocycles. The van der Waals surface area contributed by atoms with Crippen LogP contribution in [0.1, 0.15) is 48.4 Å². The Balaban J connectivity index is 1.77. The highest BCUT2D eigenvalue weighted by Gasteiger charge is 2.47. The van der Waals surface area contributed by atoms with Gasteiger partial charge in [-0.1, -0.05) is 6.42 Å². The van der Waals surface area contributed by atoms with E-state index in [0.717, 1.165) is 51.1 Å². The van der Waals surface area contributed by atoms with E-state index in [4.69, 9.17) is 9.15 Å². The van der Waals surface area contributed by atoms with Crippen molar-refractivity contribution >= 4 is 5.91 Å². The number of aryl methyl sites for hydroxylation is 1. The zero-order chi connectivity index (χ0) is 15.6. The summed E-state index contributed by atoms with van der Waals surface area (Å²) in [5.41, 5.74) is -0.167. The average Bonchev–Trinajstić information content (AvgIpc) is 2.93. The lowest BCUT2D eigenvalue weighted by Gasteiger charge is -2.50. The number of ether oxygens (including phenoxy) is 1. The molecule has 5 nitrogen and oxygen atoms in total. The summed E-state index contributed by atoms with van der Waals surface area (Å²) in [6.45, 7) is 3.43. The Kier molecular flexibility index (Phi) is 4.54. The maximum atomic E-state index is 12.5. The van der Waals surface area contributed by atoms with Crippen molar-refractivity contribution in [2.75, 3.05) is 19.8 Å². The van der Waals surface area contributed by atoms with Gasteiger partial charge in [0.1, 0.15) is 5.76 Å². The zero-order valence-electron chi connectivity index (χ0n) is 13.1. The molecule has 1 aromatic heterocycles. The van der Waals surface area contributed by atoms with Gasteiger partial charge in [-0.05, 0) is 50.7 Å². The molecular formula is C17H25NO4. The minimum absolute atomic E-state index is 0.00643. The van der Waals surface area contributed by atoms with Crippen LogP contribution < -0.4 is 5.32 Å². The summed E-state index contributed by atoms with van der Waals surface area (Å²) < 4.78 is 10.9. The summed E-state index contributed by atoms with van der Waals surface area (Å²) in [5, 5.41) is 13.1. The summed E-state index contributed by atoms with van der Waals surface area (Å²) in [7, 11) is 0. The number of hydrogen-bond acceptors (Lipinski definition) is 4. The zero-order valence-corrected chi connectivity index (χ0v) is 13.1. The summed E-state index contributed by atoms with van der Waals surface area (Å²) in [6, 6.07) is 3.50.